The van der Waals surface area contributed by atoms with Gasteiger partial charge in [-0.25, -0.2) is 4.79 Å². The SMILES string of the molecule is O.O.O.O.O=C(O[O-])c1ccc(Cl)cc1.O=C([O-])c1ccccc1.[Mg+2]. The van der Waals surface area contributed by atoms with Crippen LogP contribution in [0.15, 0.2) is 54.6 Å². The molecule has 11 heteroatoms. The average Bonchev–Trinajstić information content (AvgIpc) is 2.49. The number of benzene rings is 2. The predicted octanol–water partition coefficient (Wildman–Crippen LogP) is -2.86. The third kappa shape index (κ3) is 13.2. The molecule has 9 nitrogen and oxygen atoms in total. The Morgan fingerprint density at radius 2 is 1.24 bits per heavy atom. The molecule has 0 amide bonds. The monoisotopic (exact) mass is 388 g/mol. The Hall–Kier alpha value is -1.76. The third-order valence-electron chi connectivity index (χ3n) is 2.17. The zero-order valence-electron chi connectivity index (χ0n) is 12.8. The van der Waals surface area contributed by atoms with Crippen LogP contribution in [0.4, 0.5) is 0 Å². The molecule has 0 aliphatic heterocycles. The third-order valence-corrected chi connectivity index (χ3v) is 2.42. The number of carbonyl (C=O) groups is 2. The van der Waals surface area contributed by atoms with E-state index in [0.717, 1.165) is 0 Å². The van der Waals surface area contributed by atoms with E-state index in [1.54, 1.807) is 18.2 Å². The molecule has 0 atom stereocenters. The first kappa shape index (κ1) is 34.5. The Labute approximate surface area is 164 Å². The van der Waals surface area contributed by atoms with Crippen LogP contribution in [0.3, 0.4) is 0 Å². The molecule has 0 saturated carbocycles. The fraction of sp³-hybridized carbons (Fsp3) is 0. The molecule has 25 heavy (non-hydrogen) atoms. The minimum atomic E-state index is -1.13. The zero-order valence-corrected chi connectivity index (χ0v) is 15.0. The van der Waals surface area contributed by atoms with Gasteiger partial charge in [0, 0.05) is 5.02 Å². The second-order valence-corrected chi connectivity index (χ2v) is 3.97. The molecule has 0 aliphatic rings. The van der Waals surface area contributed by atoms with Crippen molar-refractivity contribution in [1.82, 2.24) is 0 Å². The molecule has 0 aromatic heterocycles. The summed E-state index contributed by atoms with van der Waals surface area (Å²) in [4.78, 5) is 23.9. The fourth-order valence-corrected chi connectivity index (χ4v) is 1.33. The van der Waals surface area contributed by atoms with Crippen molar-refractivity contribution in [3.8, 4) is 0 Å². The number of rotatable bonds is 2. The van der Waals surface area contributed by atoms with Gasteiger partial charge in [-0.2, -0.15) is 0 Å². The van der Waals surface area contributed by atoms with Crippen molar-refractivity contribution in [2.75, 3.05) is 0 Å². The molecule has 0 unspecified atom stereocenters. The summed E-state index contributed by atoms with van der Waals surface area (Å²) in [5.74, 6) is -2.03. The Kier molecular flexibility index (Phi) is 25.7. The van der Waals surface area contributed by atoms with E-state index >= 15 is 0 Å². The Morgan fingerprint density at radius 1 is 0.800 bits per heavy atom. The molecule has 8 N–H and O–H groups in total. The zero-order chi connectivity index (χ0) is 15.0. The first-order valence-corrected chi connectivity index (χ1v) is 5.78. The van der Waals surface area contributed by atoms with Crippen LogP contribution in [0.5, 0.6) is 0 Å². The summed E-state index contributed by atoms with van der Waals surface area (Å²) in [7, 11) is 0. The molecule has 0 radical (unpaired) electrons. The van der Waals surface area contributed by atoms with Crippen LogP contribution in [0.1, 0.15) is 20.7 Å². The second kappa shape index (κ2) is 18.6. The van der Waals surface area contributed by atoms with Gasteiger partial charge in [0.05, 0.1) is 11.5 Å². The molecule has 0 aliphatic carbocycles. The van der Waals surface area contributed by atoms with Gasteiger partial charge in [-0.3, -0.25) is 0 Å². The molecule has 2 aromatic rings. The summed E-state index contributed by atoms with van der Waals surface area (Å²) in [6.07, 6.45) is 0. The van der Waals surface area contributed by atoms with Gasteiger partial charge < -0.3 is 42.0 Å². The van der Waals surface area contributed by atoms with E-state index in [1.807, 2.05) is 0 Å². The molecule has 0 spiro atoms. The van der Waals surface area contributed by atoms with Gasteiger partial charge in [0.2, 0.25) is 0 Å². The summed E-state index contributed by atoms with van der Waals surface area (Å²) in [5, 5.41) is 20.2. The standard InChI is InChI=1S/C7H5ClO3.C7H6O2.Mg.4H2O/c8-6-3-1-5(2-4-6)7(9)11-10;8-7(9)6-4-2-1-3-5-6;;;;;/h1-4,10H;1-5H,(H,8,9);;4*1H2/q;;+2;;;;/p-2. The Balaban J connectivity index is -0.0000000899. The maximum atomic E-state index is 10.5. The van der Waals surface area contributed by atoms with E-state index in [9.17, 15) is 20.0 Å². The van der Waals surface area contributed by atoms with Crippen LogP contribution in [-0.4, -0.2) is 56.9 Å². The van der Waals surface area contributed by atoms with Crippen molar-refractivity contribution in [1.29, 1.82) is 0 Å². The number of carbonyl (C=O) groups excluding carboxylic acids is 2. The minimum absolute atomic E-state index is 0. The summed E-state index contributed by atoms with van der Waals surface area (Å²) in [6.45, 7) is 0. The number of hydrogen-bond acceptors (Lipinski definition) is 5. The van der Waals surface area contributed by atoms with E-state index in [1.165, 1.54) is 36.4 Å². The van der Waals surface area contributed by atoms with E-state index in [4.69, 9.17) is 11.6 Å². The summed E-state index contributed by atoms with van der Waals surface area (Å²) in [6, 6.07) is 13.9. The number of aromatic carboxylic acids is 1. The minimum Gasteiger partial charge on any atom is -0.661 e. The van der Waals surface area contributed by atoms with Crippen molar-refractivity contribution in [3.63, 3.8) is 0 Å². The molecule has 0 heterocycles. The smallest absolute Gasteiger partial charge is 0.661 e. The average molecular weight is 389 g/mol. The molecular formula is C14H17ClMgO9. The number of halogens is 1. The van der Waals surface area contributed by atoms with Gasteiger partial charge in [-0.15, -0.1) is 0 Å². The van der Waals surface area contributed by atoms with Gasteiger partial charge in [-0.05, 0) is 29.8 Å². The normalized spacial score (nSPS) is 7.28. The van der Waals surface area contributed by atoms with E-state index in [0.29, 0.717) is 5.02 Å². The van der Waals surface area contributed by atoms with E-state index < -0.39 is 11.9 Å². The van der Waals surface area contributed by atoms with Crippen LogP contribution in [0, 0.1) is 0 Å². The van der Waals surface area contributed by atoms with E-state index in [-0.39, 0.29) is 56.1 Å². The molecule has 0 fully saturated rings. The number of hydrogen-bond donors (Lipinski definition) is 0. The first-order valence-electron chi connectivity index (χ1n) is 5.40. The number of carboxylic acids is 1. The van der Waals surface area contributed by atoms with Crippen LogP contribution >= 0.6 is 11.6 Å². The summed E-state index contributed by atoms with van der Waals surface area (Å²) >= 11 is 5.53. The number of carboxylic acid groups (broad SMARTS) is 1. The largest absolute Gasteiger partial charge is 2.00 e. The maximum Gasteiger partial charge on any atom is 2.00 e. The molecule has 2 aromatic carbocycles. The fourth-order valence-electron chi connectivity index (χ4n) is 1.21. The Morgan fingerprint density at radius 3 is 1.56 bits per heavy atom. The maximum absolute atomic E-state index is 10.5. The summed E-state index contributed by atoms with van der Waals surface area (Å²) < 4.78 is 0. The molecule has 0 saturated heterocycles. The summed E-state index contributed by atoms with van der Waals surface area (Å²) in [5.41, 5.74) is 0.418. The van der Waals surface area contributed by atoms with Crippen LogP contribution in [0.25, 0.3) is 0 Å². The van der Waals surface area contributed by atoms with Gasteiger partial charge in [-0.1, -0.05) is 41.9 Å². The molecule has 136 valence electrons. The molecule has 0 bridgehead atoms. The van der Waals surface area contributed by atoms with Crippen LogP contribution < -0.4 is 10.4 Å². The van der Waals surface area contributed by atoms with Crippen molar-refractivity contribution in [2.24, 2.45) is 0 Å². The predicted molar refractivity (Wildman–Crippen MR) is 87.8 cm³/mol. The van der Waals surface area contributed by atoms with Crippen LogP contribution in [0.2, 0.25) is 5.02 Å². The van der Waals surface area contributed by atoms with E-state index in [2.05, 4.69) is 4.89 Å². The van der Waals surface area contributed by atoms with Gasteiger partial charge in [0.25, 0.3) is 0 Å². The quantitative estimate of drug-likeness (QED) is 0.300. The van der Waals surface area contributed by atoms with Crippen molar-refractivity contribution in [3.05, 3.63) is 70.7 Å². The Bertz CT molecular complexity index is 579. The van der Waals surface area contributed by atoms with Crippen molar-refractivity contribution in [2.45, 2.75) is 0 Å². The van der Waals surface area contributed by atoms with Crippen molar-refractivity contribution < 1.29 is 46.7 Å². The molecule has 2 rings (SSSR count). The van der Waals surface area contributed by atoms with Gasteiger partial charge >= 0.3 is 29.0 Å². The second-order valence-electron chi connectivity index (χ2n) is 3.53. The van der Waals surface area contributed by atoms with Crippen molar-refractivity contribution >= 4 is 46.6 Å². The first-order chi connectivity index (χ1) is 9.54. The van der Waals surface area contributed by atoms with Crippen LogP contribution in [-0.2, 0) is 4.89 Å². The molecular weight excluding hydrogens is 372 g/mol. The topological polar surface area (TPSA) is 215 Å². The van der Waals surface area contributed by atoms with Gasteiger partial charge in [0.15, 0.2) is 0 Å². The van der Waals surface area contributed by atoms with Gasteiger partial charge in [0.1, 0.15) is 0 Å².